The van der Waals surface area contributed by atoms with E-state index in [2.05, 4.69) is 5.32 Å². The number of Topliss-reactive ketones (excluding diaryl/α,β-unsaturated/α-hetero) is 3. The molecule has 0 saturated carbocycles. The lowest BCUT2D eigenvalue weighted by molar-refractivity contribution is -0.134. The van der Waals surface area contributed by atoms with Gasteiger partial charge in [-0.2, -0.15) is 0 Å². The number of ether oxygens (including phenoxy) is 3. The molecule has 0 aromatic heterocycles. The maximum absolute atomic E-state index is 13.9. The molecular weight excluding hydrogens is 552 g/mol. The Kier molecular flexibility index (Phi) is 11.1. The predicted molar refractivity (Wildman–Crippen MR) is 159 cm³/mol. The number of hydrogen-bond donors (Lipinski definition) is 2. The van der Waals surface area contributed by atoms with Crippen LogP contribution in [0.3, 0.4) is 0 Å². The van der Waals surface area contributed by atoms with Crippen molar-refractivity contribution in [2.75, 3.05) is 46.6 Å². The third-order valence-corrected chi connectivity index (χ3v) is 8.12. The van der Waals surface area contributed by atoms with Crippen molar-refractivity contribution in [2.24, 2.45) is 11.8 Å². The smallest absolute Gasteiger partial charge is 0.223 e. The van der Waals surface area contributed by atoms with Crippen LogP contribution in [-0.2, 0) is 41.5 Å². The molecule has 232 valence electrons. The van der Waals surface area contributed by atoms with Gasteiger partial charge in [-0.15, -0.1) is 0 Å². The second kappa shape index (κ2) is 14.7. The lowest BCUT2D eigenvalue weighted by Gasteiger charge is -2.26. The number of amides is 1. The Bertz CT molecular complexity index is 1290. The van der Waals surface area contributed by atoms with Gasteiger partial charge >= 0.3 is 0 Å². The molecule has 10 nitrogen and oxygen atoms in total. The lowest BCUT2D eigenvalue weighted by Crippen LogP contribution is -2.46. The quantitative estimate of drug-likeness (QED) is 0.281. The molecule has 0 spiro atoms. The van der Waals surface area contributed by atoms with Gasteiger partial charge in [0, 0.05) is 37.8 Å². The minimum absolute atomic E-state index is 0.0436. The first-order chi connectivity index (χ1) is 20.6. The van der Waals surface area contributed by atoms with E-state index in [1.54, 1.807) is 26.0 Å². The Morgan fingerprint density at radius 3 is 2.37 bits per heavy atom. The number of rotatable bonds is 16. The highest BCUT2D eigenvalue weighted by atomic mass is 16.6. The standard InChI is InChI=1S/C33H42N2O8/c1-22(15-26(36)20-35-11-13-42-14-12-35)32(40)34-27(17-24-9-10-28(37)30(18-24)41-3)29(38)19-25(31(39)33(2)21-43-33)16-23-7-5-4-6-8-23/h4-10,18,22,25,27,37H,11-17,19-21H2,1-3H3,(H,34,40)/t22-,25-,27+,33-/m1/s1. The van der Waals surface area contributed by atoms with Crippen LogP contribution in [0.5, 0.6) is 11.5 Å². The second-order valence-electron chi connectivity index (χ2n) is 11.7. The molecule has 10 heteroatoms. The van der Waals surface area contributed by atoms with Crippen molar-refractivity contribution >= 4 is 23.3 Å². The Morgan fingerprint density at radius 1 is 1.02 bits per heavy atom. The van der Waals surface area contributed by atoms with Gasteiger partial charge in [-0.1, -0.05) is 43.3 Å². The van der Waals surface area contributed by atoms with E-state index in [-0.39, 0.29) is 54.7 Å². The van der Waals surface area contributed by atoms with E-state index >= 15 is 0 Å². The number of phenolic OH excluding ortho intramolecular Hbond substituents is 1. The van der Waals surface area contributed by atoms with Crippen LogP contribution in [0.15, 0.2) is 48.5 Å². The summed E-state index contributed by atoms with van der Waals surface area (Å²) in [4.78, 5) is 55.4. The van der Waals surface area contributed by atoms with Gasteiger partial charge < -0.3 is 24.6 Å². The van der Waals surface area contributed by atoms with Gasteiger partial charge in [-0.3, -0.25) is 24.1 Å². The summed E-state index contributed by atoms with van der Waals surface area (Å²) < 4.78 is 16.0. The van der Waals surface area contributed by atoms with Crippen LogP contribution < -0.4 is 10.1 Å². The third-order valence-electron chi connectivity index (χ3n) is 8.12. The zero-order valence-corrected chi connectivity index (χ0v) is 25.2. The number of morpholine rings is 1. The van der Waals surface area contributed by atoms with Crippen molar-refractivity contribution in [1.82, 2.24) is 10.2 Å². The molecule has 2 aromatic carbocycles. The molecule has 2 aliphatic heterocycles. The van der Waals surface area contributed by atoms with E-state index in [1.807, 2.05) is 35.2 Å². The van der Waals surface area contributed by atoms with Gasteiger partial charge in [0.2, 0.25) is 5.91 Å². The van der Waals surface area contributed by atoms with Crippen molar-refractivity contribution in [3.8, 4) is 11.5 Å². The number of benzene rings is 2. The average Bonchev–Trinajstić information content (AvgIpc) is 3.76. The molecule has 4 atom stereocenters. The number of carbonyl (C=O) groups excluding carboxylic acids is 4. The highest BCUT2D eigenvalue weighted by molar-refractivity contribution is 5.97. The highest BCUT2D eigenvalue weighted by Gasteiger charge is 2.50. The number of phenols is 1. The SMILES string of the molecule is COc1cc(C[C@H](NC(=O)[C@H](C)CC(=O)CN2CCOCC2)C(=O)C[C@@H](Cc2ccccc2)C(=O)[C@@]2(C)CO2)ccc1O. The maximum Gasteiger partial charge on any atom is 0.223 e. The van der Waals surface area contributed by atoms with Gasteiger partial charge in [0.25, 0.3) is 0 Å². The van der Waals surface area contributed by atoms with Gasteiger partial charge in [0.05, 0.1) is 39.5 Å². The number of nitrogens with zero attached hydrogens (tertiary/aromatic N) is 1. The van der Waals surface area contributed by atoms with E-state index in [1.165, 1.54) is 13.2 Å². The van der Waals surface area contributed by atoms with Gasteiger partial charge in [0.15, 0.2) is 23.1 Å². The first-order valence-corrected chi connectivity index (χ1v) is 14.8. The highest BCUT2D eigenvalue weighted by Crippen LogP contribution is 2.33. The monoisotopic (exact) mass is 594 g/mol. The van der Waals surface area contributed by atoms with E-state index in [0.717, 1.165) is 5.56 Å². The molecule has 43 heavy (non-hydrogen) atoms. The summed E-state index contributed by atoms with van der Waals surface area (Å²) in [6, 6.07) is 13.3. The third kappa shape index (κ3) is 9.19. The fourth-order valence-electron chi connectivity index (χ4n) is 5.38. The second-order valence-corrected chi connectivity index (χ2v) is 11.7. The molecular formula is C33H42N2O8. The summed E-state index contributed by atoms with van der Waals surface area (Å²) in [7, 11) is 1.43. The molecule has 2 aromatic rings. The van der Waals surface area contributed by atoms with Gasteiger partial charge in [-0.25, -0.2) is 0 Å². The lowest BCUT2D eigenvalue weighted by atomic mass is 9.83. The minimum Gasteiger partial charge on any atom is -0.504 e. The van der Waals surface area contributed by atoms with Crippen LogP contribution in [0.25, 0.3) is 0 Å². The van der Waals surface area contributed by atoms with Crippen LogP contribution in [-0.4, -0.2) is 91.5 Å². The number of nitrogens with one attached hydrogen (secondary N) is 1. The largest absolute Gasteiger partial charge is 0.504 e. The fourth-order valence-corrected chi connectivity index (χ4v) is 5.38. The predicted octanol–water partition coefficient (Wildman–Crippen LogP) is 2.53. The van der Waals surface area contributed by atoms with Crippen molar-refractivity contribution in [3.05, 3.63) is 59.7 Å². The molecule has 1 amide bonds. The molecule has 2 aliphatic rings. The number of carbonyl (C=O) groups is 4. The number of epoxide rings is 1. The number of hydrogen-bond acceptors (Lipinski definition) is 9. The van der Waals surface area contributed by atoms with E-state index in [0.29, 0.717) is 44.9 Å². The minimum atomic E-state index is -0.961. The summed E-state index contributed by atoms with van der Waals surface area (Å²) >= 11 is 0. The summed E-state index contributed by atoms with van der Waals surface area (Å²) in [5.41, 5.74) is 0.681. The zero-order chi connectivity index (χ0) is 31.0. The van der Waals surface area contributed by atoms with E-state index in [9.17, 15) is 24.3 Å². The molecule has 2 N–H and O–H groups in total. The van der Waals surface area contributed by atoms with Crippen LogP contribution in [0.1, 0.15) is 37.8 Å². The Balaban J connectivity index is 1.49. The molecule has 0 radical (unpaired) electrons. The molecule has 2 heterocycles. The van der Waals surface area contributed by atoms with Crippen LogP contribution in [0.4, 0.5) is 0 Å². The van der Waals surface area contributed by atoms with Crippen LogP contribution in [0.2, 0.25) is 0 Å². The molecule has 2 fully saturated rings. The van der Waals surface area contributed by atoms with Crippen molar-refractivity contribution < 1.29 is 38.5 Å². The molecule has 2 saturated heterocycles. The topological polar surface area (TPSA) is 135 Å². The van der Waals surface area contributed by atoms with Gasteiger partial charge in [-0.05, 0) is 43.0 Å². The Morgan fingerprint density at radius 2 is 1.72 bits per heavy atom. The first kappa shape index (κ1) is 32.3. The summed E-state index contributed by atoms with van der Waals surface area (Å²) in [6.07, 6.45) is 0.444. The summed E-state index contributed by atoms with van der Waals surface area (Å²) in [5, 5.41) is 12.9. The fraction of sp³-hybridized carbons (Fsp3) is 0.515. The molecule has 0 aliphatic carbocycles. The van der Waals surface area contributed by atoms with Crippen LogP contribution >= 0.6 is 0 Å². The molecule has 4 rings (SSSR count). The molecule has 0 unspecified atom stereocenters. The summed E-state index contributed by atoms with van der Waals surface area (Å²) in [6.45, 7) is 6.47. The zero-order valence-electron chi connectivity index (χ0n) is 25.2. The van der Waals surface area contributed by atoms with E-state index < -0.39 is 29.4 Å². The van der Waals surface area contributed by atoms with Gasteiger partial charge in [0.1, 0.15) is 11.4 Å². The Hall–Kier alpha value is -3.60. The molecule has 0 bridgehead atoms. The average molecular weight is 595 g/mol. The maximum atomic E-state index is 13.9. The number of ketones is 3. The van der Waals surface area contributed by atoms with Crippen molar-refractivity contribution in [3.63, 3.8) is 0 Å². The van der Waals surface area contributed by atoms with E-state index in [4.69, 9.17) is 14.2 Å². The van der Waals surface area contributed by atoms with Crippen molar-refractivity contribution in [1.29, 1.82) is 0 Å². The normalized spacial score (nSPS) is 20.4. The number of aromatic hydroxyl groups is 1. The first-order valence-electron chi connectivity index (χ1n) is 14.8. The number of methoxy groups -OCH3 is 1. The van der Waals surface area contributed by atoms with Crippen LogP contribution in [0, 0.1) is 11.8 Å². The Labute approximate surface area is 252 Å². The van der Waals surface area contributed by atoms with Crippen molar-refractivity contribution in [2.45, 2.75) is 51.2 Å². The summed E-state index contributed by atoms with van der Waals surface area (Å²) in [5.74, 6) is -1.99.